The van der Waals surface area contributed by atoms with Crippen LogP contribution in [-0.2, 0) is 52.4 Å². The van der Waals surface area contributed by atoms with Crippen molar-refractivity contribution in [3.05, 3.63) is 113 Å². The molecule has 3 heteroatoms. The Morgan fingerprint density at radius 1 is 0.537 bits per heavy atom. The van der Waals surface area contributed by atoms with Gasteiger partial charge >= 0.3 is 52.4 Å². The smallest absolute Gasteiger partial charge is 0.343 e. The van der Waals surface area contributed by atoms with Crippen LogP contribution >= 0.6 is 0 Å². The van der Waals surface area contributed by atoms with Gasteiger partial charge in [0.05, 0.1) is 0 Å². The number of hydrogen-bond acceptors (Lipinski definition) is 0. The molecule has 41 heavy (non-hydrogen) atoms. The predicted octanol–water partition coefficient (Wildman–Crippen LogP) is 12.9. The molecule has 0 aromatic heterocycles. The second-order valence-electron chi connectivity index (χ2n) is 9.18. The quantitative estimate of drug-likeness (QED) is 0.145. The summed E-state index contributed by atoms with van der Waals surface area (Å²) >= 11 is 0. The average Bonchev–Trinajstić information content (AvgIpc) is 3.81. The van der Waals surface area contributed by atoms with Crippen LogP contribution in [0.1, 0.15) is 91.9 Å². The van der Waals surface area contributed by atoms with Gasteiger partial charge in [-0.05, 0) is 0 Å². The van der Waals surface area contributed by atoms with Gasteiger partial charge in [0.25, 0.3) is 0 Å². The van der Waals surface area contributed by atoms with Crippen LogP contribution in [-0.4, -0.2) is 9.52 Å². The first kappa shape index (κ1) is 47.6. The minimum Gasteiger partial charge on any atom is -0.343 e. The summed E-state index contributed by atoms with van der Waals surface area (Å²) in [5, 5.41) is 5.32. The van der Waals surface area contributed by atoms with Gasteiger partial charge in [-0.15, -0.1) is 59.3 Å². The number of hydrogen-bond donors (Lipinski definition) is 0. The Hall–Kier alpha value is -0.357. The van der Waals surface area contributed by atoms with Gasteiger partial charge < -0.3 is 27.7 Å². The minimum absolute atomic E-state index is 0. The van der Waals surface area contributed by atoms with Crippen molar-refractivity contribution >= 4 is 31.1 Å². The average molecular weight is 725 g/mol. The van der Waals surface area contributed by atoms with Crippen LogP contribution in [0.4, 0.5) is 0 Å². The molecular weight excluding hydrogens is 667 g/mol. The van der Waals surface area contributed by atoms with Crippen molar-refractivity contribution in [1.82, 2.24) is 0 Å². The molecule has 5 rings (SSSR count). The molecule has 4 aromatic carbocycles. The van der Waals surface area contributed by atoms with Gasteiger partial charge in [-0.25, -0.2) is 0 Å². The number of benzene rings is 2. The van der Waals surface area contributed by atoms with Crippen LogP contribution in [0, 0.1) is 27.7 Å². The molecule has 1 aliphatic rings. The molecule has 0 nitrogen and oxygen atoms in total. The maximum absolute atomic E-state index is 3.60. The first-order valence-corrected chi connectivity index (χ1v) is 16.6. The number of rotatable bonds is 4. The summed E-state index contributed by atoms with van der Waals surface area (Å²) in [5.41, 5.74) is 0. The van der Waals surface area contributed by atoms with Gasteiger partial charge in [0.2, 0.25) is 0 Å². The molecule has 0 spiro atoms. The molecule has 0 bridgehead atoms. The molecule has 0 amide bonds. The van der Waals surface area contributed by atoms with Crippen molar-refractivity contribution in [2.24, 2.45) is 0 Å². The zero-order valence-electron chi connectivity index (χ0n) is 26.9. The third-order valence-corrected chi connectivity index (χ3v) is 6.88. The molecule has 222 valence electrons. The maximum Gasteiger partial charge on any atom is 3.00 e. The Morgan fingerprint density at radius 3 is 1.05 bits per heavy atom. The Bertz CT molecular complexity index is 795. The summed E-state index contributed by atoms with van der Waals surface area (Å²) in [5.74, 6) is 0. The number of fused-ring (bicyclic) bond motifs is 2. The summed E-state index contributed by atoms with van der Waals surface area (Å²) in [4.78, 5) is 0. The van der Waals surface area contributed by atoms with Crippen LogP contribution in [0.15, 0.2) is 84.9 Å². The van der Waals surface area contributed by atoms with E-state index in [4.69, 9.17) is 0 Å². The molecule has 1 heterocycles. The van der Waals surface area contributed by atoms with Gasteiger partial charge in [0.15, 0.2) is 0 Å². The van der Waals surface area contributed by atoms with Crippen molar-refractivity contribution in [2.45, 2.75) is 104 Å². The Labute approximate surface area is 297 Å². The molecule has 1 aliphatic heterocycles. The first-order chi connectivity index (χ1) is 19.1. The maximum atomic E-state index is 3.60. The first-order valence-electron chi connectivity index (χ1n) is 15.2. The van der Waals surface area contributed by atoms with Gasteiger partial charge in [-0.3, -0.25) is 0 Å². The van der Waals surface area contributed by atoms with Crippen LogP contribution in [0.5, 0.6) is 0 Å². The van der Waals surface area contributed by atoms with E-state index in [9.17, 15) is 0 Å². The van der Waals surface area contributed by atoms with E-state index in [2.05, 4.69) is 140 Å². The zero-order valence-corrected chi connectivity index (χ0v) is 32.8. The molecule has 4 radical (unpaired) electrons. The third kappa shape index (κ3) is 30.9. The Kier molecular flexibility index (Phi) is 46.0. The monoisotopic (exact) mass is 722 g/mol. The molecule has 0 N–H and O–H groups in total. The van der Waals surface area contributed by atoms with Crippen molar-refractivity contribution in [3.63, 3.8) is 0 Å². The summed E-state index contributed by atoms with van der Waals surface area (Å²) in [6.45, 7) is 22.9. The van der Waals surface area contributed by atoms with E-state index in [1.165, 1.54) is 81.7 Å². The molecule has 4 aromatic rings. The minimum atomic E-state index is 0. The van der Waals surface area contributed by atoms with E-state index < -0.39 is 0 Å². The fourth-order valence-corrected chi connectivity index (χ4v) is 4.01. The molecule has 0 saturated carbocycles. The van der Waals surface area contributed by atoms with E-state index in [-0.39, 0.29) is 52.4 Å². The van der Waals surface area contributed by atoms with Crippen molar-refractivity contribution in [1.29, 1.82) is 0 Å². The number of unbranched alkanes of at least 4 members (excludes halogenated alkanes) is 4. The Balaban J connectivity index is -0.000000201. The van der Waals surface area contributed by atoms with E-state index in [0.717, 1.165) is 25.7 Å². The van der Waals surface area contributed by atoms with Crippen LogP contribution in [0.2, 0.25) is 12.1 Å². The summed E-state index contributed by atoms with van der Waals surface area (Å²) < 4.78 is 0. The molecule has 1 fully saturated rings. The van der Waals surface area contributed by atoms with Crippen molar-refractivity contribution < 1.29 is 52.4 Å². The van der Waals surface area contributed by atoms with Gasteiger partial charge in [-0.1, -0.05) is 90.4 Å². The van der Waals surface area contributed by atoms with E-state index in [1.807, 2.05) is 0 Å². The standard InChI is InChI=1S/2C9H7.C4H8Si.4C4H9.2Zr/c2*1-2-5-9-7-3-6-8(9)4-1;1-2-4-5-3-1;4*1-3-4-2;;/h2*1-7H;1-4H2;4*1,3-4H2,2H3;;/q2*-1;;4*-1;2*+3. The van der Waals surface area contributed by atoms with Crippen LogP contribution in [0.25, 0.3) is 21.5 Å². The molecule has 0 aliphatic carbocycles. The summed E-state index contributed by atoms with van der Waals surface area (Å²) in [6, 6.07) is 32.4. The fraction of sp³-hybridized carbons (Fsp3) is 0.421. The largest absolute Gasteiger partial charge is 3.00 e. The van der Waals surface area contributed by atoms with Crippen molar-refractivity contribution in [3.8, 4) is 0 Å². The van der Waals surface area contributed by atoms with E-state index in [0.29, 0.717) is 0 Å². The summed E-state index contributed by atoms with van der Waals surface area (Å²) in [7, 11) is 1.31. The summed E-state index contributed by atoms with van der Waals surface area (Å²) in [6.07, 6.45) is 12.1. The molecular formula is C38H58SiZr2. The van der Waals surface area contributed by atoms with Crippen LogP contribution < -0.4 is 0 Å². The zero-order chi connectivity index (χ0) is 29.4. The second kappa shape index (κ2) is 39.6. The normalized spacial score (nSPS) is 10.3. The molecule has 1 saturated heterocycles. The van der Waals surface area contributed by atoms with Gasteiger partial charge in [-0.2, -0.15) is 60.7 Å². The van der Waals surface area contributed by atoms with E-state index in [1.54, 1.807) is 0 Å². The molecule has 0 atom stereocenters. The van der Waals surface area contributed by atoms with Crippen LogP contribution in [0.3, 0.4) is 0 Å². The third-order valence-electron chi connectivity index (χ3n) is 5.47. The SMILES string of the molecule is C1CC[Si]C1.[CH2-]CCC.[CH2-]CCC.[CH2-]CCC.[CH2-]CCC.[Zr+3].[Zr+3].c1ccc2[cH-]ccc2c1.c1ccc2[cH-]ccc2c1. The fourth-order valence-electron chi connectivity index (χ4n) is 2.76. The molecule has 0 unspecified atom stereocenters. The van der Waals surface area contributed by atoms with Gasteiger partial charge in [0, 0.05) is 9.52 Å². The topological polar surface area (TPSA) is 0 Å². The Morgan fingerprint density at radius 2 is 0.829 bits per heavy atom. The second-order valence-corrected chi connectivity index (χ2v) is 10.7. The predicted molar refractivity (Wildman–Crippen MR) is 185 cm³/mol. The van der Waals surface area contributed by atoms with E-state index >= 15 is 0 Å². The van der Waals surface area contributed by atoms with Gasteiger partial charge in [0.1, 0.15) is 0 Å². The van der Waals surface area contributed by atoms with Crippen molar-refractivity contribution in [2.75, 3.05) is 0 Å².